The Bertz CT molecular complexity index is 1060. The van der Waals surface area contributed by atoms with Crippen LogP contribution in [0.4, 0.5) is 8.78 Å². The van der Waals surface area contributed by atoms with Crippen molar-refractivity contribution in [2.75, 3.05) is 19.7 Å². The van der Waals surface area contributed by atoms with E-state index >= 15 is 8.78 Å². The Kier molecular flexibility index (Phi) is 5.42. The molecule has 0 unspecified atom stereocenters. The number of nitrogens with zero attached hydrogens (tertiary/aromatic N) is 1. The third-order valence-corrected chi connectivity index (χ3v) is 7.96. The van der Waals surface area contributed by atoms with Crippen LogP contribution in [0, 0.1) is 5.41 Å². The average Bonchev–Trinajstić information content (AvgIpc) is 3.42. The standard InChI is InChI=1S/C25H29F2N5O2/c26-25(27)21(24(25)10-12-32(13-11-24)23(33)20-5-2-14-34-20)17-8-6-16(7-9-17)18-3-1-4-19(15-18)22-28-30-31-29-22/h1,3-4,6-9,15,20-22,28-31H,2,5,10-14H2/t20-,21-/m1/s1. The van der Waals surface area contributed by atoms with E-state index in [4.69, 9.17) is 4.74 Å². The maximum atomic E-state index is 15.1. The van der Waals surface area contributed by atoms with E-state index in [1.54, 1.807) is 4.90 Å². The number of piperidine rings is 1. The van der Waals surface area contributed by atoms with Crippen LogP contribution >= 0.6 is 0 Å². The Morgan fingerprint density at radius 1 is 0.971 bits per heavy atom. The van der Waals surface area contributed by atoms with Gasteiger partial charge < -0.3 is 9.64 Å². The third-order valence-electron chi connectivity index (χ3n) is 7.96. The van der Waals surface area contributed by atoms with Gasteiger partial charge in [-0.3, -0.25) is 4.79 Å². The van der Waals surface area contributed by atoms with Crippen molar-refractivity contribution in [2.45, 2.75) is 49.8 Å². The summed E-state index contributed by atoms with van der Waals surface area (Å²) < 4.78 is 35.8. The normalized spacial score (nSPS) is 27.9. The Labute approximate surface area is 197 Å². The zero-order chi connectivity index (χ0) is 23.3. The molecule has 1 aliphatic carbocycles. The minimum Gasteiger partial charge on any atom is -0.368 e. The summed E-state index contributed by atoms with van der Waals surface area (Å²) in [6, 6.07) is 15.6. The molecule has 2 atom stereocenters. The van der Waals surface area contributed by atoms with Crippen molar-refractivity contribution >= 4 is 5.91 Å². The highest BCUT2D eigenvalue weighted by atomic mass is 19.3. The van der Waals surface area contributed by atoms with Gasteiger partial charge in [-0.05, 0) is 54.0 Å². The smallest absolute Gasteiger partial charge is 0.262 e. The lowest BCUT2D eigenvalue weighted by Crippen LogP contribution is -2.45. The molecule has 4 N–H and O–H groups in total. The second-order valence-corrected chi connectivity index (χ2v) is 9.76. The number of nitrogens with one attached hydrogen (secondary N) is 4. The van der Waals surface area contributed by atoms with Gasteiger partial charge in [0.05, 0.1) is 11.3 Å². The third kappa shape index (κ3) is 3.54. The van der Waals surface area contributed by atoms with Gasteiger partial charge in [0.15, 0.2) is 0 Å². The van der Waals surface area contributed by atoms with Gasteiger partial charge in [0.1, 0.15) is 12.3 Å². The molecule has 1 saturated carbocycles. The van der Waals surface area contributed by atoms with Crippen molar-refractivity contribution in [3.63, 3.8) is 0 Å². The molecule has 0 aromatic heterocycles. The Hall–Kier alpha value is -2.43. The van der Waals surface area contributed by atoms with E-state index < -0.39 is 17.3 Å². The molecule has 2 aromatic rings. The number of hydrogen-bond donors (Lipinski definition) is 4. The van der Waals surface area contributed by atoms with Gasteiger partial charge in [-0.2, -0.15) is 11.1 Å². The van der Waals surface area contributed by atoms with Crippen LogP contribution in [0.3, 0.4) is 0 Å². The summed E-state index contributed by atoms with van der Waals surface area (Å²) in [4.78, 5) is 14.3. The van der Waals surface area contributed by atoms with Crippen LogP contribution in [0.15, 0.2) is 48.5 Å². The highest BCUT2D eigenvalue weighted by Crippen LogP contribution is 2.75. The average molecular weight is 470 g/mol. The number of hydrogen-bond acceptors (Lipinski definition) is 6. The number of likely N-dealkylation sites (tertiary alicyclic amines) is 1. The summed E-state index contributed by atoms with van der Waals surface area (Å²) in [6.07, 6.45) is 1.82. The molecule has 7 nitrogen and oxygen atoms in total. The summed E-state index contributed by atoms with van der Waals surface area (Å²) in [6.45, 7) is 1.36. The van der Waals surface area contributed by atoms with Crippen LogP contribution in [-0.2, 0) is 9.53 Å². The van der Waals surface area contributed by atoms with Crippen LogP contribution in [0.25, 0.3) is 11.1 Å². The number of rotatable bonds is 4. The monoisotopic (exact) mass is 469 g/mol. The molecular formula is C25H29F2N5O2. The number of benzene rings is 2. The van der Waals surface area contributed by atoms with Gasteiger partial charge >= 0.3 is 0 Å². The summed E-state index contributed by atoms with van der Waals surface area (Å²) >= 11 is 0. The molecule has 3 heterocycles. The van der Waals surface area contributed by atoms with Crippen molar-refractivity contribution < 1.29 is 18.3 Å². The topological polar surface area (TPSA) is 77.7 Å². The first-order chi connectivity index (χ1) is 16.5. The lowest BCUT2D eigenvalue weighted by Gasteiger charge is -2.34. The molecular weight excluding hydrogens is 440 g/mol. The first-order valence-electron chi connectivity index (χ1n) is 12.0. The molecule has 0 radical (unpaired) electrons. The Morgan fingerprint density at radius 2 is 1.71 bits per heavy atom. The lowest BCUT2D eigenvalue weighted by molar-refractivity contribution is -0.143. The van der Waals surface area contributed by atoms with Gasteiger partial charge in [0.2, 0.25) is 0 Å². The second kappa shape index (κ2) is 8.35. The predicted molar refractivity (Wildman–Crippen MR) is 122 cm³/mol. The zero-order valence-corrected chi connectivity index (χ0v) is 18.8. The molecule has 4 fully saturated rings. The predicted octanol–water partition coefficient (Wildman–Crippen LogP) is 2.99. The molecule has 1 spiro atoms. The number of ether oxygens (including phenoxy) is 1. The van der Waals surface area contributed by atoms with E-state index in [9.17, 15) is 4.79 Å². The number of carbonyl (C=O) groups excluding carboxylic acids is 1. The highest BCUT2D eigenvalue weighted by Gasteiger charge is 2.80. The van der Waals surface area contributed by atoms with Crippen molar-refractivity contribution in [1.29, 1.82) is 0 Å². The Balaban J connectivity index is 1.15. The van der Waals surface area contributed by atoms with Crippen LogP contribution < -0.4 is 21.9 Å². The van der Waals surface area contributed by atoms with Gasteiger partial charge in [-0.15, -0.1) is 0 Å². The molecule has 3 saturated heterocycles. The van der Waals surface area contributed by atoms with Gasteiger partial charge in [0, 0.05) is 19.7 Å². The van der Waals surface area contributed by atoms with E-state index in [0.717, 1.165) is 29.5 Å². The first-order valence-corrected chi connectivity index (χ1v) is 12.0. The van der Waals surface area contributed by atoms with E-state index in [1.807, 2.05) is 42.5 Å². The first kappa shape index (κ1) is 22.1. The second-order valence-electron chi connectivity index (χ2n) is 9.76. The molecule has 0 bridgehead atoms. The van der Waals surface area contributed by atoms with E-state index in [-0.39, 0.29) is 18.2 Å². The Morgan fingerprint density at radius 3 is 2.38 bits per heavy atom. The minimum absolute atomic E-state index is 0.0333. The highest BCUT2D eigenvalue weighted by molar-refractivity contribution is 5.81. The molecule has 180 valence electrons. The SMILES string of the molecule is O=C([C@H]1CCCO1)N1CCC2(CC1)[C@@H](c1ccc(-c3cccc(C4NNNN4)c3)cc1)C2(F)F. The van der Waals surface area contributed by atoms with Crippen LogP contribution in [-0.4, -0.2) is 42.5 Å². The minimum atomic E-state index is -2.74. The molecule has 9 heteroatoms. The van der Waals surface area contributed by atoms with E-state index in [0.29, 0.717) is 38.1 Å². The van der Waals surface area contributed by atoms with Crippen molar-refractivity contribution in [2.24, 2.45) is 5.41 Å². The van der Waals surface area contributed by atoms with Gasteiger partial charge in [-0.1, -0.05) is 42.5 Å². The number of carbonyl (C=O) groups is 1. The fourth-order valence-corrected chi connectivity index (χ4v) is 5.95. The molecule has 4 aliphatic rings. The van der Waals surface area contributed by atoms with Crippen LogP contribution in [0.2, 0.25) is 0 Å². The van der Waals surface area contributed by atoms with E-state index in [2.05, 4.69) is 28.0 Å². The van der Waals surface area contributed by atoms with Crippen LogP contribution in [0.1, 0.15) is 48.9 Å². The summed E-state index contributed by atoms with van der Waals surface area (Å²) in [5, 5.41) is 0. The summed E-state index contributed by atoms with van der Waals surface area (Å²) in [5.41, 5.74) is 14.4. The fraction of sp³-hybridized carbons (Fsp3) is 0.480. The molecule has 34 heavy (non-hydrogen) atoms. The number of hydrazine groups is 3. The van der Waals surface area contributed by atoms with Crippen molar-refractivity contribution in [3.8, 4) is 11.1 Å². The zero-order valence-electron chi connectivity index (χ0n) is 18.8. The summed E-state index contributed by atoms with van der Waals surface area (Å²) in [5.74, 6) is -3.56. The molecule has 6 rings (SSSR count). The number of alkyl halides is 2. The summed E-state index contributed by atoms with van der Waals surface area (Å²) in [7, 11) is 0. The molecule has 3 aliphatic heterocycles. The number of amides is 1. The molecule has 2 aromatic carbocycles. The maximum absolute atomic E-state index is 15.1. The van der Waals surface area contributed by atoms with Gasteiger partial charge in [-0.25, -0.2) is 19.6 Å². The number of halogens is 2. The lowest BCUT2D eigenvalue weighted by atomic mass is 9.87. The fourth-order valence-electron chi connectivity index (χ4n) is 5.95. The maximum Gasteiger partial charge on any atom is 0.262 e. The van der Waals surface area contributed by atoms with E-state index in [1.165, 1.54) is 0 Å². The van der Waals surface area contributed by atoms with Crippen molar-refractivity contribution in [3.05, 3.63) is 59.7 Å². The van der Waals surface area contributed by atoms with Crippen molar-refractivity contribution in [1.82, 2.24) is 26.8 Å². The largest absolute Gasteiger partial charge is 0.368 e. The quantitative estimate of drug-likeness (QED) is 0.552. The molecule has 1 amide bonds. The van der Waals surface area contributed by atoms with Gasteiger partial charge in [0.25, 0.3) is 11.8 Å². The van der Waals surface area contributed by atoms with Crippen LogP contribution in [0.5, 0.6) is 0 Å².